The second kappa shape index (κ2) is 6.45. The van der Waals surface area contributed by atoms with E-state index in [0.717, 1.165) is 23.8 Å². The maximum atomic E-state index is 12.8. The Morgan fingerprint density at radius 2 is 2.22 bits per heavy atom. The number of carbonyl (C=O) groups excluding carboxylic acids is 1. The Bertz CT molecular complexity index is 712. The number of amides is 1. The topological polar surface area (TPSA) is 73.1 Å². The molecular weight excluding hydrogens is 294 g/mol. The van der Waals surface area contributed by atoms with Crippen LogP contribution in [0, 0.1) is 13.8 Å². The fraction of sp³-hybridized carbons (Fsp3) is 0.500. The molecule has 7 heteroatoms. The molecule has 0 saturated carbocycles. The van der Waals surface area contributed by atoms with Crippen molar-refractivity contribution in [3.8, 4) is 0 Å². The fourth-order valence-electron chi connectivity index (χ4n) is 2.83. The Morgan fingerprint density at radius 3 is 2.96 bits per heavy atom. The lowest BCUT2D eigenvalue weighted by molar-refractivity contribution is -0.0284. The first-order valence-corrected chi connectivity index (χ1v) is 7.83. The van der Waals surface area contributed by atoms with Gasteiger partial charge in [-0.15, -0.1) is 10.2 Å². The zero-order valence-corrected chi connectivity index (χ0v) is 13.7. The molecule has 0 bridgehead atoms. The molecule has 0 unspecified atom stereocenters. The second-order valence-corrected chi connectivity index (χ2v) is 5.67. The lowest BCUT2D eigenvalue weighted by Crippen LogP contribution is -2.43. The van der Waals surface area contributed by atoms with Gasteiger partial charge in [0.15, 0.2) is 5.82 Å². The monoisotopic (exact) mass is 315 g/mol. The zero-order chi connectivity index (χ0) is 16.4. The summed E-state index contributed by atoms with van der Waals surface area (Å²) < 4.78 is 7.74. The quantitative estimate of drug-likeness (QED) is 0.858. The third-order valence-electron chi connectivity index (χ3n) is 4.08. The molecule has 7 nitrogen and oxygen atoms in total. The van der Waals surface area contributed by atoms with Crippen molar-refractivity contribution in [2.75, 3.05) is 19.7 Å². The van der Waals surface area contributed by atoms with E-state index in [1.54, 1.807) is 6.33 Å². The Balaban J connectivity index is 1.79. The largest absolute Gasteiger partial charge is 0.366 e. The molecule has 1 fully saturated rings. The molecule has 1 amide bonds. The van der Waals surface area contributed by atoms with Gasteiger partial charge in [-0.3, -0.25) is 9.78 Å². The Kier molecular flexibility index (Phi) is 4.38. The summed E-state index contributed by atoms with van der Waals surface area (Å²) in [5, 5.41) is 8.08. The van der Waals surface area contributed by atoms with Gasteiger partial charge in [-0.05, 0) is 32.9 Å². The third kappa shape index (κ3) is 3.10. The van der Waals surface area contributed by atoms with E-state index in [1.165, 1.54) is 0 Å². The normalized spacial score (nSPS) is 18.2. The van der Waals surface area contributed by atoms with E-state index >= 15 is 0 Å². The summed E-state index contributed by atoms with van der Waals surface area (Å²) in [4.78, 5) is 19.0. The van der Waals surface area contributed by atoms with Crippen molar-refractivity contribution in [1.29, 1.82) is 0 Å². The van der Waals surface area contributed by atoms with Gasteiger partial charge in [-0.25, -0.2) is 0 Å². The maximum absolute atomic E-state index is 12.8. The van der Waals surface area contributed by atoms with Crippen LogP contribution in [-0.4, -0.2) is 50.3 Å². The third-order valence-corrected chi connectivity index (χ3v) is 4.08. The van der Waals surface area contributed by atoms with E-state index in [2.05, 4.69) is 15.2 Å². The highest BCUT2D eigenvalue weighted by Crippen LogP contribution is 2.22. The van der Waals surface area contributed by atoms with Crippen molar-refractivity contribution in [1.82, 2.24) is 24.6 Å². The van der Waals surface area contributed by atoms with Gasteiger partial charge in [0.2, 0.25) is 0 Å². The van der Waals surface area contributed by atoms with Gasteiger partial charge >= 0.3 is 0 Å². The fourth-order valence-corrected chi connectivity index (χ4v) is 2.83. The SMILES string of the molecule is CCn1cnnc1[C@@H]1CN(C(=O)c2ccc(C)nc2C)CCO1. The molecule has 2 aromatic heterocycles. The predicted molar refractivity (Wildman–Crippen MR) is 84.0 cm³/mol. The number of hydrogen-bond donors (Lipinski definition) is 0. The molecule has 0 spiro atoms. The van der Waals surface area contributed by atoms with E-state index < -0.39 is 0 Å². The van der Waals surface area contributed by atoms with E-state index in [0.29, 0.717) is 25.3 Å². The van der Waals surface area contributed by atoms with E-state index in [4.69, 9.17) is 4.74 Å². The van der Waals surface area contributed by atoms with Crippen LogP contribution in [-0.2, 0) is 11.3 Å². The second-order valence-electron chi connectivity index (χ2n) is 5.67. The minimum absolute atomic E-state index is 0.00846. The van der Waals surface area contributed by atoms with Crippen LogP contribution >= 0.6 is 0 Å². The number of hydrogen-bond acceptors (Lipinski definition) is 5. The maximum Gasteiger partial charge on any atom is 0.255 e. The summed E-state index contributed by atoms with van der Waals surface area (Å²) in [5.41, 5.74) is 2.32. The summed E-state index contributed by atoms with van der Waals surface area (Å²) >= 11 is 0. The number of pyridine rings is 1. The number of nitrogens with zero attached hydrogens (tertiary/aromatic N) is 5. The Hall–Kier alpha value is -2.28. The van der Waals surface area contributed by atoms with E-state index in [9.17, 15) is 4.79 Å². The first-order chi connectivity index (χ1) is 11.1. The predicted octanol–water partition coefficient (Wildman–Crippen LogP) is 1.52. The van der Waals surface area contributed by atoms with Gasteiger partial charge in [0.25, 0.3) is 5.91 Å². The molecule has 0 aliphatic carbocycles. The van der Waals surface area contributed by atoms with Crippen LogP contribution in [0.1, 0.15) is 40.6 Å². The van der Waals surface area contributed by atoms with Crippen molar-refractivity contribution >= 4 is 5.91 Å². The van der Waals surface area contributed by atoms with Gasteiger partial charge < -0.3 is 14.2 Å². The van der Waals surface area contributed by atoms with Crippen molar-refractivity contribution < 1.29 is 9.53 Å². The van der Waals surface area contributed by atoms with Gasteiger partial charge in [0.05, 0.1) is 24.4 Å². The molecular formula is C16H21N5O2. The highest BCUT2D eigenvalue weighted by molar-refractivity contribution is 5.95. The van der Waals surface area contributed by atoms with Gasteiger partial charge in [-0.1, -0.05) is 0 Å². The highest BCUT2D eigenvalue weighted by Gasteiger charge is 2.29. The van der Waals surface area contributed by atoms with E-state index in [1.807, 2.05) is 42.4 Å². The minimum atomic E-state index is -0.242. The number of aryl methyl sites for hydroxylation is 3. The number of rotatable bonds is 3. The van der Waals surface area contributed by atoms with Crippen LogP contribution < -0.4 is 0 Å². The lowest BCUT2D eigenvalue weighted by atomic mass is 10.1. The van der Waals surface area contributed by atoms with Gasteiger partial charge in [-0.2, -0.15) is 0 Å². The summed E-state index contributed by atoms with van der Waals surface area (Å²) in [5.74, 6) is 0.759. The molecule has 2 aromatic rings. The van der Waals surface area contributed by atoms with Crippen LogP contribution in [0.25, 0.3) is 0 Å². The smallest absolute Gasteiger partial charge is 0.255 e. The van der Waals surface area contributed by atoms with Gasteiger partial charge in [0.1, 0.15) is 12.4 Å². The molecule has 122 valence electrons. The van der Waals surface area contributed by atoms with Crippen LogP contribution in [0.4, 0.5) is 0 Å². The summed E-state index contributed by atoms with van der Waals surface area (Å²) in [6.07, 6.45) is 1.45. The Morgan fingerprint density at radius 1 is 1.39 bits per heavy atom. The molecule has 0 aromatic carbocycles. The molecule has 0 radical (unpaired) electrons. The number of aromatic nitrogens is 4. The molecule has 3 rings (SSSR count). The molecule has 1 atom stereocenters. The van der Waals surface area contributed by atoms with Crippen LogP contribution in [0.3, 0.4) is 0 Å². The highest BCUT2D eigenvalue weighted by atomic mass is 16.5. The average Bonchev–Trinajstić information content (AvgIpc) is 3.03. The summed E-state index contributed by atoms with van der Waals surface area (Å²) in [6.45, 7) is 8.13. The molecule has 23 heavy (non-hydrogen) atoms. The molecule has 1 aliphatic rings. The molecule has 0 N–H and O–H groups in total. The van der Waals surface area contributed by atoms with E-state index in [-0.39, 0.29) is 12.0 Å². The summed E-state index contributed by atoms with van der Waals surface area (Å²) in [7, 11) is 0. The number of carbonyl (C=O) groups is 1. The Labute approximate surface area is 135 Å². The minimum Gasteiger partial charge on any atom is -0.366 e. The van der Waals surface area contributed by atoms with Crippen LogP contribution in [0.2, 0.25) is 0 Å². The first kappa shape index (κ1) is 15.6. The van der Waals surface area contributed by atoms with Crippen molar-refractivity contribution in [3.63, 3.8) is 0 Å². The number of ether oxygens (including phenoxy) is 1. The average molecular weight is 315 g/mol. The van der Waals surface area contributed by atoms with Crippen LogP contribution in [0.5, 0.6) is 0 Å². The van der Waals surface area contributed by atoms with Crippen molar-refractivity contribution in [2.24, 2.45) is 0 Å². The number of morpholine rings is 1. The summed E-state index contributed by atoms with van der Waals surface area (Å²) in [6, 6.07) is 3.71. The molecule has 1 saturated heterocycles. The lowest BCUT2D eigenvalue weighted by Gasteiger charge is -2.32. The van der Waals surface area contributed by atoms with Crippen molar-refractivity contribution in [3.05, 3.63) is 41.2 Å². The standard InChI is InChI=1S/C16H21N5O2/c1-4-20-10-17-19-15(20)14-9-21(7-8-23-14)16(22)13-6-5-11(2)18-12(13)3/h5-6,10,14H,4,7-9H2,1-3H3/t14-/m0/s1. The zero-order valence-electron chi connectivity index (χ0n) is 13.7. The first-order valence-electron chi connectivity index (χ1n) is 7.83. The molecule has 1 aliphatic heterocycles. The van der Waals surface area contributed by atoms with Gasteiger partial charge in [0, 0.05) is 18.8 Å². The van der Waals surface area contributed by atoms with Crippen molar-refractivity contribution in [2.45, 2.75) is 33.4 Å². The molecule has 3 heterocycles. The van der Waals surface area contributed by atoms with Crippen LogP contribution in [0.15, 0.2) is 18.5 Å².